The number of piperidine rings is 1. The lowest BCUT2D eigenvalue weighted by molar-refractivity contribution is 0.143. The molecule has 1 saturated heterocycles. The maximum absolute atomic E-state index is 13.0. The number of rotatable bonds is 3. The summed E-state index contributed by atoms with van der Waals surface area (Å²) in [7, 11) is 0. The van der Waals surface area contributed by atoms with Gasteiger partial charge >= 0.3 is 0 Å². The van der Waals surface area contributed by atoms with Crippen LogP contribution < -0.4 is 0 Å². The lowest BCUT2D eigenvalue weighted by Gasteiger charge is -2.27. The minimum atomic E-state index is -0.615. The van der Waals surface area contributed by atoms with E-state index < -0.39 is 6.17 Å². The largest absolute Gasteiger partial charge is 0.296 e. The van der Waals surface area contributed by atoms with E-state index in [1.807, 2.05) is 12.4 Å². The minimum absolute atomic E-state index is 0.464. The molecule has 1 aromatic heterocycles. The van der Waals surface area contributed by atoms with Crippen molar-refractivity contribution in [3.63, 3.8) is 0 Å². The molecule has 94 valence electrons. The number of aromatic nitrogens is 2. The lowest BCUT2D eigenvalue weighted by Crippen LogP contribution is -2.34. The third-order valence-electron chi connectivity index (χ3n) is 3.27. The fourth-order valence-electron chi connectivity index (χ4n) is 2.00. The van der Waals surface area contributed by atoms with Crippen LogP contribution in [0, 0.1) is 0 Å². The zero-order valence-corrected chi connectivity index (χ0v) is 10.6. The van der Waals surface area contributed by atoms with E-state index in [4.69, 9.17) is 0 Å². The molecule has 0 saturated carbocycles. The van der Waals surface area contributed by atoms with Gasteiger partial charge in [-0.1, -0.05) is 13.8 Å². The van der Waals surface area contributed by atoms with Gasteiger partial charge in [0.05, 0.1) is 6.54 Å². The second kappa shape index (κ2) is 5.54. The first-order chi connectivity index (χ1) is 8.15. The Bertz CT molecular complexity index is 342. The quantitative estimate of drug-likeness (QED) is 0.809. The molecular weight excluding hydrogens is 217 g/mol. The smallest absolute Gasteiger partial charge is 0.142 e. The number of hydrogen-bond acceptors (Lipinski definition) is 3. The van der Waals surface area contributed by atoms with Crippen LogP contribution in [0.3, 0.4) is 0 Å². The Hall–Kier alpha value is -1.03. The first-order valence-corrected chi connectivity index (χ1v) is 6.32. The molecule has 1 aliphatic rings. The first kappa shape index (κ1) is 12.4. The van der Waals surface area contributed by atoms with Gasteiger partial charge < -0.3 is 0 Å². The van der Waals surface area contributed by atoms with Gasteiger partial charge in [0, 0.05) is 25.5 Å². The molecule has 0 aliphatic carbocycles. The highest BCUT2D eigenvalue weighted by atomic mass is 19.1. The predicted octanol–water partition coefficient (Wildman–Crippen LogP) is 2.53. The van der Waals surface area contributed by atoms with E-state index >= 15 is 0 Å². The van der Waals surface area contributed by atoms with Crippen LogP contribution in [0.25, 0.3) is 0 Å². The van der Waals surface area contributed by atoms with Crippen molar-refractivity contribution in [2.75, 3.05) is 13.1 Å². The summed E-state index contributed by atoms with van der Waals surface area (Å²) in [5, 5.41) is 0. The van der Waals surface area contributed by atoms with Gasteiger partial charge in [-0.25, -0.2) is 14.4 Å². The van der Waals surface area contributed by atoms with Crippen molar-refractivity contribution >= 4 is 0 Å². The third-order valence-corrected chi connectivity index (χ3v) is 3.27. The fourth-order valence-corrected chi connectivity index (χ4v) is 2.00. The molecule has 0 aromatic carbocycles. The van der Waals surface area contributed by atoms with Gasteiger partial charge in [0.2, 0.25) is 0 Å². The first-order valence-electron chi connectivity index (χ1n) is 6.32. The highest BCUT2D eigenvalue weighted by molar-refractivity contribution is 5.09. The van der Waals surface area contributed by atoms with Crippen LogP contribution in [0.4, 0.5) is 4.39 Å². The molecule has 0 amide bonds. The van der Waals surface area contributed by atoms with Gasteiger partial charge in [0.15, 0.2) is 0 Å². The van der Waals surface area contributed by atoms with Gasteiger partial charge in [-0.3, -0.25) is 4.90 Å². The highest BCUT2D eigenvalue weighted by Crippen LogP contribution is 2.15. The van der Waals surface area contributed by atoms with Crippen molar-refractivity contribution in [1.29, 1.82) is 0 Å². The van der Waals surface area contributed by atoms with Crippen molar-refractivity contribution in [3.05, 3.63) is 23.8 Å². The molecule has 2 rings (SSSR count). The number of hydrogen-bond donors (Lipinski definition) is 0. The summed E-state index contributed by atoms with van der Waals surface area (Å²) in [4.78, 5) is 11.0. The SMILES string of the molecule is CC(C)c1cnc(CN2CCC(F)CC2)nc1. The summed E-state index contributed by atoms with van der Waals surface area (Å²) >= 11 is 0. The number of likely N-dealkylation sites (tertiary alicyclic amines) is 1. The van der Waals surface area contributed by atoms with Gasteiger partial charge in [-0.2, -0.15) is 0 Å². The van der Waals surface area contributed by atoms with Gasteiger partial charge in [-0.05, 0) is 24.3 Å². The van der Waals surface area contributed by atoms with Crippen LogP contribution in [0.1, 0.15) is 44.0 Å². The Morgan fingerprint density at radius 3 is 2.41 bits per heavy atom. The Labute approximate surface area is 102 Å². The normalized spacial score (nSPS) is 18.8. The molecule has 0 spiro atoms. The summed E-state index contributed by atoms with van der Waals surface area (Å²) in [5.41, 5.74) is 1.16. The van der Waals surface area contributed by atoms with Crippen LogP contribution in [-0.2, 0) is 6.54 Å². The van der Waals surface area contributed by atoms with Crippen molar-refractivity contribution in [3.8, 4) is 0 Å². The number of nitrogens with zero attached hydrogens (tertiary/aromatic N) is 3. The standard InChI is InChI=1S/C13H20FN3/c1-10(2)11-7-15-13(16-8-11)9-17-5-3-12(14)4-6-17/h7-8,10,12H,3-6,9H2,1-2H3. The molecule has 0 unspecified atom stereocenters. The monoisotopic (exact) mass is 237 g/mol. The van der Waals surface area contributed by atoms with E-state index in [-0.39, 0.29) is 0 Å². The molecule has 0 N–H and O–H groups in total. The lowest BCUT2D eigenvalue weighted by atomic mass is 10.1. The van der Waals surface area contributed by atoms with Crippen LogP contribution in [-0.4, -0.2) is 34.1 Å². The Kier molecular flexibility index (Phi) is 4.05. The van der Waals surface area contributed by atoms with E-state index in [0.29, 0.717) is 18.8 Å². The molecule has 0 bridgehead atoms. The summed E-state index contributed by atoms with van der Waals surface area (Å²) in [6, 6.07) is 0. The number of alkyl halides is 1. The van der Waals surface area contributed by atoms with Crippen molar-refractivity contribution in [1.82, 2.24) is 14.9 Å². The molecule has 2 heterocycles. The Morgan fingerprint density at radius 1 is 1.29 bits per heavy atom. The van der Waals surface area contributed by atoms with Crippen LogP contribution in [0.2, 0.25) is 0 Å². The molecule has 1 fully saturated rings. The summed E-state index contributed by atoms with van der Waals surface area (Å²) < 4.78 is 13.0. The van der Waals surface area contributed by atoms with E-state index in [2.05, 4.69) is 28.7 Å². The van der Waals surface area contributed by atoms with Crippen molar-refractivity contribution in [2.45, 2.75) is 45.3 Å². The summed E-state index contributed by atoms with van der Waals surface area (Å²) in [6.45, 7) is 6.63. The molecular formula is C13H20FN3. The highest BCUT2D eigenvalue weighted by Gasteiger charge is 2.18. The van der Waals surface area contributed by atoms with Gasteiger partial charge in [0.25, 0.3) is 0 Å². The molecule has 1 aromatic rings. The Balaban J connectivity index is 1.90. The van der Waals surface area contributed by atoms with E-state index in [1.165, 1.54) is 0 Å². The zero-order valence-electron chi connectivity index (χ0n) is 10.6. The minimum Gasteiger partial charge on any atom is -0.296 e. The van der Waals surface area contributed by atoms with Crippen LogP contribution in [0.5, 0.6) is 0 Å². The number of halogens is 1. The maximum Gasteiger partial charge on any atom is 0.142 e. The van der Waals surface area contributed by atoms with Crippen LogP contribution >= 0.6 is 0 Å². The second-order valence-electron chi connectivity index (χ2n) is 5.04. The van der Waals surface area contributed by atoms with Crippen molar-refractivity contribution < 1.29 is 4.39 Å². The maximum atomic E-state index is 13.0. The van der Waals surface area contributed by atoms with Gasteiger partial charge in [-0.15, -0.1) is 0 Å². The molecule has 1 aliphatic heterocycles. The average Bonchev–Trinajstić information content (AvgIpc) is 2.33. The van der Waals surface area contributed by atoms with Gasteiger partial charge in [0.1, 0.15) is 12.0 Å². The van der Waals surface area contributed by atoms with E-state index in [9.17, 15) is 4.39 Å². The molecule has 0 radical (unpaired) electrons. The predicted molar refractivity (Wildman–Crippen MR) is 65.5 cm³/mol. The second-order valence-corrected chi connectivity index (χ2v) is 5.04. The molecule has 4 heteroatoms. The van der Waals surface area contributed by atoms with Crippen LogP contribution in [0.15, 0.2) is 12.4 Å². The zero-order chi connectivity index (χ0) is 12.3. The van der Waals surface area contributed by atoms with Crippen molar-refractivity contribution in [2.24, 2.45) is 0 Å². The molecule has 3 nitrogen and oxygen atoms in total. The Morgan fingerprint density at radius 2 is 1.88 bits per heavy atom. The molecule has 0 atom stereocenters. The average molecular weight is 237 g/mol. The van der Waals surface area contributed by atoms with E-state index in [1.54, 1.807) is 0 Å². The topological polar surface area (TPSA) is 29.0 Å². The fraction of sp³-hybridized carbons (Fsp3) is 0.692. The van der Waals surface area contributed by atoms with E-state index in [0.717, 1.165) is 31.0 Å². The summed E-state index contributed by atoms with van der Waals surface area (Å²) in [5.74, 6) is 1.30. The molecule has 17 heavy (non-hydrogen) atoms. The third kappa shape index (κ3) is 3.46. The summed E-state index contributed by atoms with van der Waals surface area (Å²) in [6.07, 6.45) is 4.47.